The first-order valence-electron chi connectivity index (χ1n) is 5.09. The number of esters is 1. The van der Waals surface area contributed by atoms with E-state index in [1.807, 2.05) is 13.8 Å². The van der Waals surface area contributed by atoms with Crippen molar-refractivity contribution in [3.8, 4) is 0 Å². The Morgan fingerprint density at radius 3 is 2.88 bits per heavy atom. The lowest BCUT2D eigenvalue weighted by Crippen LogP contribution is -2.41. The van der Waals surface area contributed by atoms with Crippen molar-refractivity contribution < 1.29 is 9.53 Å². The van der Waals surface area contributed by atoms with E-state index in [9.17, 15) is 4.79 Å². The van der Waals surface area contributed by atoms with Crippen molar-refractivity contribution in [3.05, 3.63) is 16.9 Å². The summed E-state index contributed by atoms with van der Waals surface area (Å²) in [7, 11) is 1.37. The quantitative estimate of drug-likeness (QED) is 0.787. The van der Waals surface area contributed by atoms with Crippen LogP contribution >= 0.6 is 11.6 Å². The second-order valence-electron chi connectivity index (χ2n) is 3.39. The summed E-state index contributed by atoms with van der Waals surface area (Å²) in [6, 6.07) is -0.398. The lowest BCUT2D eigenvalue weighted by Gasteiger charge is -2.16. The Morgan fingerprint density at radius 1 is 1.75 bits per heavy atom. The molecule has 0 amide bonds. The van der Waals surface area contributed by atoms with Gasteiger partial charge < -0.3 is 10.1 Å². The second kappa shape index (κ2) is 5.86. The molecule has 0 fully saturated rings. The number of likely N-dealkylation sites (N-methyl/N-ethyl adjacent to an activating group) is 1. The number of hydrogen-bond acceptors (Lipinski definition) is 4. The number of methoxy groups -OCH3 is 1. The maximum atomic E-state index is 11.5. The maximum absolute atomic E-state index is 11.5. The van der Waals surface area contributed by atoms with Crippen molar-refractivity contribution in [1.29, 1.82) is 0 Å². The van der Waals surface area contributed by atoms with Gasteiger partial charge in [0.15, 0.2) is 0 Å². The minimum atomic E-state index is -0.398. The van der Waals surface area contributed by atoms with Gasteiger partial charge in [-0.25, -0.2) is 0 Å². The molecule has 16 heavy (non-hydrogen) atoms. The van der Waals surface area contributed by atoms with Crippen molar-refractivity contribution in [2.75, 3.05) is 13.7 Å². The van der Waals surface area contributed by atoms with Crippen LogP contribution in [0.1, 0.15) is 12.6 Å². The minimum Gasteiger partial charge on any atom is -0.468 e. The van der Waals surface area contributed by atoms with Crippen LogP contribution in [0.25, 0.3) is 0 Å². The molecule has 1 heterocycles. The van der Waals surface area contributed by atoms with Crippen molar-refractivity contribution >= 4 is 17.6 Å². The molecule has 0 spiro atoms. The number of nitrogens with zero attached hydrogens (tertiary/aromatic N) is 2. The molecule has 0 bridgehead atoms. The Labute approximate surface area is 99.7 Å². The summed E-state index contributed by atoms with van der Waals surface area (Å²) < 4.78 is 6.40. The number of aromatic nitrogens is 2. The Kier molecular flexibility index (Phi) is 4.76. The van der Waals surface area contributed by atoms with E-state index >= 15 is 0 Å². The van der Waals surface area contributed by atoms with Gasteiger partial charge >= 0.3 is 5.97 Å². The van der Waals surface area contributed by atoms with Gasteiger partial charge in [0.05, 0.1) is 30.6 Å². The highest BCUT2D eigenvalue weighted by atomic mass is 35.5. The monoisotopic (exact) mass is 245 g/mol. The summed E-state index contributed by atoms with van der Waals surface area (Å²) in [5, 5.41) is 7.73. The minimum absolute atomic E-state index is 0.298. The lowest BCUT2D eigenvalue weighted by atomic mass is 10.3. The zero-order chi connectivity index (χ0) is 12.1. The van der Waals surface area contributed by atoms with Gasteiger partial charge in [0.2, 0.25) is 0 Å². The molecule has 0 aliphatic carbocycles. The van der Waals surface area contributed by atoms with Crippen molar-refractivity contribution in [2.24, 2.45) is 0 Å². The third-order valence-electron chi connectivity index (χ3n) is 2.34. The van der Waals surface area contributed by atoms with E-state index in [0.717, 1.165) is 5.69 Å². The van der Waals surface area contributed by atoms with E-state index in [1.165, 1.54) is 7.11 Å². The number of nitrogens with one attached hydrogen (secondary N) is 1. The third kappa shape index (κ3) is 2.96. The fourth-order valence-electron chi connectivity index (χ4n) is 1.39. The van der Waals surface area contributed by atoms with Gasteiger partial charge in [0.25, 0.3) is 0 Å². The average Bonchev–Trinajstić information content (AvgIpc) is 2.59. The van der Waals surface area contributed by atoms with Crippen molar-refractivity contribution in [1.82, 2.24) is 15.1 Å². The largest absolute Gasteiger partial charge is 0.468 e. The number of carbonyl (C=O) groups excluding carboxylic acids is 1. The summed E-state index contributed by atoms with van der Waals surface area (Å²) in [5.41, 5.74) is 0.841. The molecule has 1 aromatic rings. The Morgan fingerprint density at radius 2 is 2.44 bits per heavy atom. The normalized spacial score (nSPS) is 12.5. The van der Waals surface area contributed by atoms with Crippen LogP contribution in [-0.2, 0) is 16.1 Å². The molecular formula is C10H16ClN3O2. The highest BCUT2D eigenvalue weighted by molar-refractivity contribution is 6.31. The lowest BCUT2D eigenvalue weighted by molar-refractivity contribution is -0.143. The SMILES string of the molecule is CCNC(Cn1ncc(Cl)c1C)C(=O)OC. The summed E-state index contributed by atoms with van der Waals surface area (Å²) in [6.45, 7) is 4.89. The zero-order valence-corrected chi connectivity index (χ0v) is 10.4. The molecule has 1 rings (SSSR count). The fourth-order valence-corrected chi connectivity index (χ4v) is 1.53. The molecule has 0 aliphatic rings. The van der Waals surface area contributed by atoms with E-state index in [-0.39, 0.29) is 5.97 Å². The standard InChI is InChI=1S/C10H16ClN3O2/c1-4-12-9(10(15)16-3)6-14-7(2)8(11)5-13-14/h5,9,12H,4,6H2,1-3H3. The van der Waals surface area contributed by atoms with E-state index in [0.29, 0.717) is 18.1 Å². The van der Waals surface area contributed by atoms with Crippen molar-refractivity contribution in [3.63, 3.8) is 0 Å². The summed E-state index contributed by atoms with van der Waals surface area (Å²) in [6.07, 6.45) is 1.57. The molecule has 0 saturated carbocycles. The Bertz CT molecular complexity index is 365. The van der Waals surface area contributed by atoms with Gasteiger partial charge in [-0.05, 0) is 13.5 Å². The van der Waals surface area contributed by atoms with Crippen LogP contribution in [0, 0.1) is 6.92 Å². The zero-order valence-electron chi connectivity index (χ0n) is 9.66. The number of ether oxygens (including phenoxy) is 1. The molecule has 5 nitrogen and oxygen atoms in total. The average molecular weight is 246 g/mol. The summed E-state index contributed by atoms with van der Waals surface area (Å²) in [4.78, 5) is 11.5. The molecule has 1 unspecified atom stereocenters. The highest BCUT2D eigenvalue weighted by Gasteiger charge is 2.19. The smallest absolute Gasteiger partial charge is 0.324 e. The van der Waals surface area contributed by atoms with Gasteiger partial charge in [0.1, 0.15) is 6.04 Å². The summed E-state index contributed by atoms with van der Waals surface area (Å²) in [5.74, 6) is -0.298. The van der Waals surface area contributed by atoms with Crippen LogP contribution in [0.15, 0.2) is 6.20 Å². The number of rotatable bonds is 5. The van der Waals surface area contributed by atoms with E-state index < -0.39 is 6.04 Å². The molecule has 1 aromatic heterocycles. The van der Waals surface area contributed by atoms with Crippen LogP contribution < -0.4 is 5.32 Å². The molecular weight excluding hydrogens is 230 g/mol. The number of hydrogen-bond donors (Lipinski definition) is 1. The van der Waals surface area contributed by atoms with Crippen LogP contribution in [0.2, 0.25) is 5.02 Å². The molecule has 0 radical (unpaired) electrons. The Hall–Kier alpha value is -1.07. The summed E-state index contributed by atoms with van der Waals surface area (Å²) >= 11 is 5.88. The maximum Gasteiger partial charge on any atom is 0.324 e. The molecule has 1 atom stereocenters. The molecule has 6 heteroatoms. The first kappa shape index (κ1) is 13.0. The number of carbonyl (C=O) groups is 1. The van der Waals surface area contributed by atoms with E-state index in [2.05, 4.69) is 10.4 Å². The van der Waals surface area contributed by atoms with Gasteiger partial charge in [-0.3, -0.25) is 9.48 Å². The second-order valence-corrected chi connectivity index (χ2v) is 3.80. The fraction of sp³-hybridized carbons (Fsp3) is 0.600. The predicted octanol–water partition coefficient (Wildman–Crippen LogP) is 0.996. The first-order valence-corrected chi connectivity index (χ1v) is 5.47. The Balaban J connectivity index is 2.75. The van der Waals surface area contributed by atoms with E-state index in [1.54, 1.807) is 10.9 Å². The van der Waals surface area contributed by atoms with Gasteiger partial charge in [-0.2, -0.15) is 5.10 Å². The van der Waals surface area contributed by atoms with Crippen LogP contribution in [0.5, 0.6) is 0 Å². The first-order chi connectivity index (χ1) is 7.60. The molecule has 0 aliphatic heterocycles. The molecule has 1 N–H and O–H groups in total. The third-order valence-corrected chi connectivity index (χ3v) is 2.71. The molecule has 90 valence electrons. The number of halogens is 1. The van der Waals surface area contributed by atoms with E-state index in [4.69, 9.17) is 16.3 Å². The van der Waals surface area contributed by atoms with Crippen LogP contribution in [0.3, 0.4) is 0 Å². The van der Waals surface area contributed by atoms with Gasteiger partial charge in [0, 0.05) is 0 Å². The predicted molar refractivity (Wildman–Crippen MR) is 61.5 cm³/mol. The topological polar surface area (TPSA) is 56.2 Å². The van der Waals surface area contributed by atoms with Crippen molar-refractivity contribution in [2.45, 2.75) is 26.4 Å². The van der Waals surface area contributed by atoms with Gasteiger partial charge in [-0.15, -0.1) is 0 Å². The van der Waals surface area contributed by atoms with Crippen LogP contribution in [-0.4, -0.2) is 35.4 Å². The molecule has 0 saturated heterocycles. The van der Waals surface area contributed by atoms with Gasteiger partial charge in [-0.1, -0.05) is 18.5 Å². The van der Waals surface area contributed by atoms with Crippen LogP contribution in [0.4, 0.5) is 0 Å². The molecule has 0 aromatic carbocycles. The highest BCUT2D eigenvalue weighted by Crippen LogP contribution is 2.13.